The maximum absolute atomic E-state index is 13.4. The monoisotopic (exact) mass is 498 g/mol. The van der Waals surface area contributed by atoms with Crippen LogP contribution >= 0.6 is 0 Å². The molecule has 1 aliphatic carbocycles. The lowest BCUT2D eigenvalue weighted by Gasteiger charge is -2.33. The van der Waals surface area contributed by atoms with Crippen LogP contribution in [0.3, 0.4) is 0 Å². The zero-order valence-electron chi connectivity index (χ0n) is 21.5. The summed E-state index contributed by atoms with van der Waals surface area (Å²) in [6.07, 6.45) is 2.37. The molecule has 2 aromatic carbocycles. The molecule has 1 N–H and O–H groups in total. The average Bonchev–Trinajstić information content (AvgIpc) is 3.44. The number of hydrogen-bond donors (Lipinski definition) is 1. The zero-order chi connectivity index (χ0) is 26.2. The lowest BCUT2D eigenvalue weighted by Crippen LogP contribution is -2.31. The lowest BCUT2D eigenvalue weighted by molar-refractivity contribution is 0.0600. The number of carbonyl (C=O) groups excluding carboxylic acids is 2. The molecule has 1 amide bonds. The lowest BCUT2D eigenvalue weighted by atomic mass is 9.70. The third-order valence-corrected chi connectivity index (χ3v) is 7.35. The summed E-state index contributed by atoms with van der Waals surface area (Å²) in [5, 5.41) is 11.8. The molecule has 8 heteroatoms. The van der Waals surface area contributed by atoms with E-state index in [0.717, 1.165) is 35.4 Å². The van der Waals surface area contributed by atoms with Crippen molar-refractivity contribution in [1.29, 1.82) is 0 Å². The van der Waals surface area contributed by atoms with Crippen LogP contribution in [0.5, 0.6) is 0 Å². The first-order valence-electron chi connectivity index (χ1n) is 12.3. The van der Waals surface area contributed by atoms with Crippen LogP contribution < -0.4 is 5.32 Å². The molecule has 37 heavy (non-hydrogen) atoms. The second kappa shape index (κ2) is 9.69. The number of hydrogen-bond acceptors (Lipinski definition) is 6. The number of esters is 1. The van der Waals surface area contributed by atoms with E-state index in [1.54, 1.807) is 12.1 Å². The summed E-state index contributed by atoms with van der Waals surface area (Å²) in [6, 6.07) is 17.6. The van der Waals surface area contributed by atoms with Crippen LogP contribution in [-0.4, -0.2) is 33.9 Å². The number of amides is 1. The fourth-order valence-electron chi connectivity index (χ4n) is 5.10. The second-order valence-corrected chi connectivity index (χ2v) is 9.88. The minimum absolute atomic E-state index is 0.0883. The van der Waals surface area contributed by atoms with Gasteiger partial charge in [-0.2, -0.15) is 5.10 Å². The Morgan fingerprint density at radius 1 is 1.11 bits per heavy atom. The Hall–Kier alpha value is -4.20. The molecule has 0 aliphatic heterocycles. The molecule has 0 spiro atoms. The third-order valence-electron chi connectivity index (χ3n) is 7.35. The topological polar surface area (TPSA) is 99.2 Å². The van der Waals surface area contributed by atoms with E-state index in [1.807, 2.05) is 48.9 Å². The number of methoxy groups -OCH3 is 1. The van der Waals surface area contributed by atoms with Gasteiger partial charge in [-0.1, -0.05) is 54.5 Å². The van der Waals surface area contributed by atoms with Crippen molar-refractivity contribution in [1.82, 2.24) is 14.9 Å². The SMILES string of the molecule is COC(=O)c1ccc(Cn2nc(C)c(NC(=O)c3noc4c3CC(C)(c3ccccc3)CC4)c2C)cc1. The van der Waals surface area contributed by atoms with Gasteiger partial charge in [0.1, 0.15) is 5.76 Å². The van der Waals surface area contributed by atoms with Crippen molar-refractivity contribution in [2.75, 3.05) is 12.4 Å². The molecular weight excluding hydrogens is 468 g/mol. The highest BCUT2D eigenvalue weighted by atomic mass is 16.5. The van der Waals surface area contributed by atoms with E-state index >= 15 is 0 Å². The van der Waals surface area contributed by atoms with E-state index < -0.39 is 0 Å². The number of benzene rings is 2. The number of rotatable bonds is 6. The van der Waals surface area contributed by atoms with Crippen molar-refractivity contribution in [3.63, 3.8) is 0 Å². The van der Waals surface area contributed by atoms with Crippen molar-refractivity contribution >= 4 is 17.6 Å². The summed E-state index contributed by atoms with van der Waals surface area (Å²) in [7, 11) is 1.36. The average molecular weight is 499 g/mol. The van der Waals surface area contributed by atoms with Crippen molar-refractivity contribution in [3.8, 4) is 0 Å². The number of fused-ring (bicyclic) bond motifs is 1. The second-order valence-electron chi connectivity index (χ2n) is 9.88. The zero-order valence-corrected chi connectivity index (χ0v) is 21.5. The largest absolute Gasteiger partial charge is 0.465 e. The molecule has 5 rings (SSSR count). The van der Waals surface area contributed by atoms with E-state index in [2.05, 4.69) is 34.6 Å². The van der Waals surface area contributed by atoms with Crippen LogP contribution in [0.2, 0.25) is 0 Å². The first kappa shape index (κ1) is 24.5. The van der Waals surface area contributed by atoms with Gasteiger partial charge >= 0.3 is 5.97 Å². The van der Waals surface area contributed by atoms with Gasteiger partial charge in [-0.05, 0) is 55.4 Å². The summed E-state index contributed by atoms with van der Waals surface area (Å²) in [5.74, 6) is 0.121. The molecule has 4 aromatic rings. The predicted octanol–water partition coefficient (Wildman–Crippen LogP) is 5.02. The number of aromatic nitrogens is 3. The molecule has 190 valence electrons. The highest BCUT2D eigenvalue weighted by Crippen LogP contribution is 2.39. The van der Waals surface area contributed by atoms with Gasteiger partial charge in [0.15, 0.2) is 5.69 Å². The number of nitrogens with zero attached hydrogens (tertiary/aromatic N) is 3. The van der Waals surface area contributed by atoms with Gasteiger partial charge < -0.3 is 14.6 Å². The summed E-state index contributed by atoms with van der Waals surface area (Å²) in [6.45, 7) is 6.52. The number of aryl methyl sites for hydroxylation is 2. The minimum Gasteiger partial charge on any atom is -0.465 e. The Balaban J connectivity index is 1.34. The molecular formula is C29H30N4O4. The van der Waals surface area contributed by atoms with Crippen LogP contribution in [0.15, 0.2) is 59.1 Å². The molecule has 0 saturated heterocycles. The van der Waals surface area contributed by atoms with Gasteiger partial charge in [-0.3, -0.25) is 9.48 Å². The number of carbonyl (C=O) groups is 2. The van der Waals surface area contributed by atoms with Gasteiger partial charge in [-0.25, -0.2) is 4.79 Å². The molecule has 8 nitrogen and oxygen atoms in total. The standard InChI is InChI=1S/C29H30N4O4/c1-18-25(19(2)33(31-18)17-20-10-12-21(13-11-20)28(35)36-4)30-27(34)26-23-16-29(3,15-14-24(23)37-32-26)22-8-6-5-7-9-22/h5-13H,14-17H2,1-4H3,(H,30,34). The van der Waals surface area contributed by atoms with Crippen molar-refractivity contribution in [2.24, 2.45) is 0 Å². The molecule has 1 unspecified atom stereocenters. The summed E-state index contributed by atoms with van der Waals surface area (Å²) < 4.78 is 12.2. The Labute approximate surface area is 215 Å². The fraction of sp³-hybridized carbons (Fsp3) is 0.310. The maximum Gasteiger partial charge on any atom is 0.337 e. The Bertz CT molecular complexity index is 1450. The Morgan fingerprint density at radius 3 is 2.54 bits per heavy atom. The first-order valence-corrected chi connectivity index (χ1v) is 12.3. The van der Waals surface area contributed by atoms with E-state index in [-0.39, 0.29) is 17.3 Å². The molecule has 2 aromatic heterocycles. The predicted molar refractivity (Wildman–Crippen MR) is 139 cm³/mol. The minimum atomic E-state index is -0.373. The van der Waals surface area contributed by atoms with Crippen molar-refractivity contribution in [3.05, 3.63) is 99.7 Å². The molecule has 0 radical (unpaired) electrons. The maximum atomic E-state index is 13.4. The van der Waals surface area contributed by atoms with Gasteiger partial charge in [0.05, 0.1) is 36.3 Å². The van der Waals surface area contributed by atoms with Gasteiger partial charge in [0, 0.05) is 12.0 Å². The highest BCUT2D eigenvalue weighted by Gasteiger charge is 2.37. The molecule has 1 atom stereocenters. The normalized spacial score (nSPS) is 16.8. The van der Waals surface area contributed by atoms with E-state index in [4.69, 9.17) is 9.26 Å². The Kier molecular flexibility index (Phi) is 6.41. The van der Waals surface area contributed by atoms with Crippen LogP contribution in [0, 0.1) is 13.8 Å². The van der Waals surface area contributed by atoms with E-state index in [9.17, 15) is 9.59 Å². The van der Waals surface area contributed by atoms with Crippen LogP contribution in [-0.2, 0) is 29.5 Å². The number of anilines is 1. The van der Waals surface area contributed by atoms with Gasteiger partial charge in [0.25, 0.3) is 5.91 Å². The Morgan fingerprint density at radius 2 is 1.84 bits per heavy atom. The van der Waals surface area contributed by atoms with Crippen LogP contribution in [0.1, 0.15) is 68.0 Å². The van der Waals surface area contributed by atoms with Gasteiger partial charge in [0.2, 0.25) is 0 Å². The van der Waals surface area contributed by atoms with Crippen LogP contribution in [0.4, 0.5) is 5.69 Å². The smallest absolute Gasteiger partial charge is 0.337 e. The van der Waals surface area contributed by atoms with Crippen molar-refractivity contribution in [2.45, 2.75) is 52.0 Å². The van der Waals surface area contributed by atoms with E-state index in [1.165, 1.54) is 12.7 Å². The van der Waals surface area contributed by atoms with Gasteiger partial charge in [-0.15, -0.1) is 0 Å². The summed E-state index contributed by atoms with van der Waals surface area (Å²) in [5.41, 5.74) is 6.04. The molecule has 0 bridgehead atoms. The number of nitrogens with one attached hydrogen (secondary N) is 1. The van der Waals surface area contributed by atoms with Crippen LogP contribution in [0.25, 0.3) is 0 Å². The molecule has 0 saturated carbocycles. The highest BCUT2D eigenvalue weighted by molar-refractivity contribution is 6.04. The van der Waals surface area contributed by atoms with Crippen molar-refractivity contribution < 1.29 is 18.8 Å². The molecule has 2 heterocycles. The fourth-order valence-corrected chi connectivity index (χ4v) is 5.10. The molecule has 1 aliphatic rings. The first-order chi connectivity index (χ1) is 17.8. The quantitative estimate of drug-likeness (QED) is 0.375. The summed E-state index contributed by atoms with van der Waals surface area (Å²) >= 11 is 0. The summed E-state index contributed by atoms with van der Waals surface area (Å²) in [4.78, 5) is 25.1. The third kappa shape index (κ3) is 4.67. The number of ether oxygens (including phenoxy) is 1. The molecule has 0 fully saturated rings. The van der Waals surface area contributed by atoms with E-state index in [0.29, 0.717) is 35.6 Å².